The third-order valence-corrected chi connectivity index (χ3v) is 6.81. The van der Waals surface area contributed by atoms with Gasteiger partial charge in [-0.2, -0.15) is 0 Å². The molecule has 4 heterocycles. The molecule has 1 aliphatic heterocycles. The van der Waals surface area contributed by atoms with Crippen molar-refractivity contribution < 1.29 is 0 Å². The number of thiocarbonyl (C=S) groups is 1. The lowest BCUT2D eigenvalue weighted by Gasteiger charge is -2.28. The maximum atomic E-state index is 6.57. The monoisotopic (exact) mass is 473 g/mol. The molecule has 0 saturated carbocycles. The van der Waals surface area contributed by atoms with Gasteiger partial charge in [0.05, 0.1) is 40.7 Å². The van der Waals surface area contributed by atoms with Crippen molar-refractivity contribution in [2.75, 3.05) is 0 Å². The highest BCUT2D eigenvalue weighted by Gasteiger charge is 2.41. The van der Waals surface area contributed by atoms with Crippen molar-refractivity contribution in [3.8, 4) is 5.69 Å². The van der Waals surface area contributed by atoms with Crippen LogP contribution in [0.3, 0.4) is 0 Å². The lowest BCUT2D eigenvalue weighted by Crippen LogP contribution is -2.29. The summed E-state index contributed by atoms with van der Waals surface area (Å²) in [6, 6.07) is 22.0. The topological polar surface area (TPSA) is 46.0 Å². The van der Waals surface area contributed by atoms with Crippen LogP contribution in [0.1, 0.15) is 40.4 Å². The number of nitrogens with zero attached hydrogens (tertiary/aromatic N) is 4. The number of hydrogen-bond donors (Lipinski definition) is 1. The van der Waals surface area contributed by atoms with Gasteiger partial charge >= 0.3 is 0 Å². The van der Waals surface area contributed by atoms with Gasteiger partial charge in [-0.05, 0) is 74.1 Å². The number of pyridine rings is 2. The number of aromatic nitrogens is 3. The van der Waals surface area contributed by atoms with Gasteiger partial charge < -0.3 is 14.8 Å². The zero-order chi connectivity index (χ0) is 22.9. The van der Waals surface area contributed by atoms with Gasteiger partial charge in [-0.3, -0.25) is 9.97 Å². The third-order valence-electron chi connectivity index (χ3n) is 6.14. The molecule has 5 rings (SSSR count). The summed E-state index contributed by atoms with van der Waals surface area (Å²) in [7, 11) is 0. The van der Waals surface area contributed by atoms with Crippen molar-refractivity contribution in [2.24, 2.45) is 0 Å². The van der Waals surface area contributed by atoms with E-state index in [0.29, 0.717) is 11.7 Å². The predicted molar refractivity (Wildman–Crippen MR) is 135 cm³/mol. The minimum absolute atomic E-state index is 0.0446. The van der Waals surface area contributed by atoms with Gasteiger partial charge in [0.15, 0.2) is 5.11 Å². The first-order valence-corrected chi connectivity index (χ1v) is 11.6. The molecule has 0 bridgehead atoms. The maximum absolute atomic E-state index is 6.57. The van der Waals surface area contributed by atoms with Crippen LogP contribution in [0.15, 0.2) is 79.1 Å². The summed E-state index contributed by atoms with van der Waals surface area (Å²) in [6.07, 6.45) is 3.64. The zero-order valence-electron chi connectivity index (χ0n) is 18.4. The molecule has 0 aliphatic carbocycles. The van der Waals surface area contributed by atoms with Crippen LogP contribution in [0.2, 0.25) is 5.02 Å². The van der Waals surface area contributed by atoms with Gasteiger partial charge in [0.25, 0.3) is 0 Å². The summed E-state index contributed by atoms with van der Waals surface area (Å²) < 4.78 is 2.22. The summed E-state index contributed by atoms with van der Waals surface area (Å²) in [4.78, 5) is 11.4. The van der Waals surface area contributed by atoms with E-state index in [2.05, 4.69) is 44.7 Å². The molecule has 0 amide bonds. The first-order valence-electron chi connectivity index (χ1n) is 10.9. The number of rotatable bonds is 5. The van der Waals surface area contributed by atoms with Gasteiger partial charge in [-0.15, -0.1) is 0 Å². The lowest BCUT2D eigenvalue weighted by molar-refractivity contribution is 0.307. The van der Waals surface area contributed by atoms with Gasteiger partial charge in [0.1, 0.15) is 0 Å². The van der Waals surface area contributed by atoms with Crippen LogP contribution in [0.4, 0.5) is 0 Å². The molecule has 4 aromatic rings. The van der Waals surface area contributed by atoms with E-state index in [1.54, 1.807) is 0 Å². The Hall–Kier alpha value is -3.22. The minimum atomic E-state index is -0.0809. The lowest BCUT2D eigenvalue weighted by atomic mass is 9.96. The number of nitrogens with one attached hydrogen (secondary N) is 1. The van der Waals surface area contributed by atoms with Crippen LogP contribution in [-0.2, 0) is 6.54 Å². The van der Waals surface area contributed by atoms with Gasteiger partial charge in [-0.1, -0.05) is 35.9 Å². The van der Waals surface area contributed by atoms with Crippen molar-refractivity contribution in [3.63, 3.8) is 0 Å². The molecule has 1 N–H and O–H groups in total. The summed E-state index contributed by atoms with van der Waals surface area (Å²) >= 11 is 12.4. The number of hydrogen-bond acceptors (Lipinski definition) is 3. The first kappa shape index (κ1) is 21.6. The first-order chi connectivity index (χ1) is 16.0. The Morgan fingerprint density at radius 1 is 0.970 bits per heavy atom. The molecule has 1 fully saturated rings. The highest BCUT2D eigenvalue weighted by Crippen LogP contribution is 2.42. The molecule has 0 radical (unpaired) electrons. The normalized spacial score (nSPS) is 17.9. The number of para-hydroxylation sites is 1. The zero-order valence-corrected chi connectivity index (χ0v) is 20.0. The van der Waals surface area contributed by atoms with E-state index >= 15 is 0 Å². The van der Waals surface area contributed by atoms with E-state index in [9.17, 15) is 0 Å². The molecular formula is C26H24ClN5S. The molecule has 3 aromatic heterocycles. The summed E-state index contributed by atoms with van der Waals surface area (Å²) in [5, 5.41) is 4.95. The smallest absolute Gasteiger partial charge is 0.170 e. The molecule has 166 valence electrons. The average molecular weight is 474 g/mol. The predicted octanol–water partition coefficient (Wildman–Crippen LogP) is 5.71. The molecule has 33 heavy (non-hydrogen) atoms. The van der Waals surface area contributed by atoms with Gasteiger partial charge in [0, 0.05) is 23.8 Å². The van der Waals surface area contributed by atoms with E-state index in [1.165, 1.54) is 5.56 Å². The Labute approximate surface area is 204 Å². The van der Waals surface area contributed by atoms with E-state index in [1.807, 2.05) is 73.1 Å². The summed E-state index contributed by atoms with van der Waals surface area (Å²) in [5.74, 6) is 0. The summed E-state index contributed by atoms with van der Waals surface area (Å²) in [5.41, 5.74) is 6.32. The molecule has 1 aliphatic rings. The molecular weight excluding hydrogens is 450 g/mol. The second-order valence-electron chi connectivity index (χ2n) is 8.19. The fourth-order valence-electron chi connectivity index (χ4n) is 4.67. The Bertz CT molecular complexity index is 1290. The Morgan fingerprint density at radius 3 is 2.39 bits per heavy atom. The van der Waals surface area contributed by atoms with Crippen molar-refractivity contribution in [2.45, 2.75) is 32.5 Å². The van der Waals surface area contributed by atoms with Crippen LogP contribution in [-0.4, -0.2) is 24.5 Å². The maximum Gasteiger partial charge on any atom is 0.170 e. The van der Waals surface area contributed by atoms with E-state index < -0.39 is 0 Å². The molecule has 7 heteroatoms. The number of aryl methyl sites for hydroxylation is 1. The van der Waals surface area contributed by atoms with Crippen molar-refractivity contribution in [1.82, 2.24) is 24.8 Å². The Balaban J connectivity index is 1.63. The fraction of sp³-hybridized carbons (Fsp3) is 0.192. The number of benzene rings is 1. The van der Waals surface area contributed by atoms with E-state index in [-0.39, 0.29) is 12.1 Å². The summed E-state index contributed by atoms with van der Waals surface area (Å²) in [6.45, 7) is 4.86. The van der Waals surface area contributed by atoms with Crippen LogP contribution in [0.25, 0.3) is 5.69 Å². The Kier molecular flexibility index (Phi) is 5.87. The quantitative estimate of drug-likeness (QED) is 0.376. The molecule has 0 spiro atoms. The highest BCUT2D eigenvalue weighted by molar-refractivity contribution is 7.80. The van der Waals surface area contributed by atoms with Crippen molar-refractivity contribution in [3.05, 3.63) is 112 Å². The fourth-order valence-corrected chi connectivity index (χ4v) is 5.20. The van der Waals surface area contributed by atoms with E-state index in [0.717, 1.165) is 33.5 Å². The third kappa shape index (κ3) is 4.01. The largest absolute Gasteiger partial charge is 0.352 e. The van der Waals surface area contributed by atoms with Gasteiger partial charge in [0.2, 0.25) is 0 Å². The molecule has 5 nitrogen and oxygen atoms in total. The minimum Gasteiger partial charge on any atom is -0.352 e. The molecule has 1 saturated heterocycles. The average Bonchev–Trinajstić information content (AvgIpc) is 3.30. The highest BCUT2D eigenvalue weighted by atomic mass is 35.5. The molecule has 2 atom stereocenters. The van der Waals surface area contributed by atoms with Gasteiger partial charge in [-0.25, -0.2) is 0 Å². The van der Waals surface area contributed by atoms with Crippen LogP contribution in [0.5, 0.6) is 0 Å². The van der Waals surface area contributed by atoms with Crippen molar-refractivity contribution in [1.29, 1.82) is 0 Å². The van der Waals surface area contributed by atoms with Crippen molar-refractivity contribution >= 4 is 28.9 Å². The number of halogens is 1. The Morgan fingerprint density at radius 2 is 1.70 bits per heavy atom. The second kappa shape index (κ2) is 8.96. The van der Waals surface area contributed by atoms with Crippen LogP contribution >= 0.6 is 23.8 Å². The molecule has 1 aromatic carbocycles. The molecule has 2 unspecified atom stereocenters. The second-order valence-corrected chi connectivity index (χ2v) is 8.98. The van der Waals surface area contributed by atoms with E-state index in [4.69, 9.17) is 23.8 Å². The SMILES string of the molecule is Cc1cc(C2C(c3ccccn3)NC(=S)N2Cc2ccccn2)c(C)n1-c1ccccc1Cl. The van der Waals surface area contributed by atoms with Crippen LogP contribution in [0, 0.1) is 13.8 Å². The standard InChI is InChI=1S/C26H24ClN5S/c1-17-15-20(18(2)32(17)23-12-4-3-10-21(23)27)25-24(22-11-6-8-14-29-22)30-26(33)31(25)16-19-9-5-7-13-28-19/h3-15,24-25H,16H2,1-2H3,(H,30,33). The van der Waals surface area contributed by atoms with Crippen LogP contribution < -0.4 is 5.32 Å².